The Labute approximate surface area is 178 Å². The molecule has 0 saturated carbocycles. The average molecular weight is 431 g/mol. The summed E-state index contributed by atoms with van der Waals surface area (Å²) >= 11 is 1.62. The average Bonchev–Trinajstić information content (AvgIpc) is 3.29. The minimum atomic E-state index is -0.530. The van der Waals surface area contributed by atoms with Gasteiger partial charge in [-0.1, -0.05) is 12.1 Å². The molecule has 30 heavy (non-hydrogen) atoms. The molecule has 1 aliphatic rings. The molecule has 1 aliphatic heterocycles. The highest BCUT2D eigenvalue weighted by atomic mass is 32.1. The number of nitrogens with one attached hydrogen (secondary N) is 1. The molecule has 2 aromatic carbocycles. The Morgan fingerprint density at radius 1 is 1.00 bits per heavy atom. The maximum atomic E-state index is 14.0. The molecule has 0 aliphatic carbocycles. The first kappa shape index (κ1) is 20.3. The number of benzene rings is 2. The van der Waals surface area contributed by atoms with Gasteiger partial charge in [-0.05, 0) is 54.7 Å². The second-order valence-corrected chi connectivity index (χ2v) is 7.30. The molecular formula is C22H22FNO5S. The zero-order chi connectivity index (χ0) is 20.8. The van der Waals surface area contributed by atoms with Gasteiger partial charge in [-0.15, -0.1) is 0 Å². The fraction of sp³-hybridized carbons (Fsp3) is 0.273. The van der Waals surface area contributed by atoms with Crippen LogP contribution in [0.1, 0.15) is 18.1 Å². The largest absolute Gasteiger partial charge is 0.482 e. The molecule has 3 aromatic rings. The van der Waals surface area contributed by atoms with Crippen LogP contribution in [0.3, 0.4) is 0 Å². The first-order chi connectivity index (χ1) is 14.8. The molecule has 1 unspecified atom stereocenters. The Morgan fingerprint density at radius 2 is 1.73 bits per heavy atom. The van der Waals surface area contributed by atoms with Crippen molar-refractivity contribution in [2.75, 3.05) is 27.2 Å². The second-order valence-electron chi connectivity index (χ2n) is 6.52. The smallest absolute Gasteiger partial charge is 0.231 e. The third-order valence-corrected chi connectivity index (χ3v) is 5.25. The van der Waals surface area contributed by atoms with Crippen molar-refractivity contribution in [2.24, 2.45) is 0 Å². The number of hydrogen-bond donors (Lipinski definition) is 1. The van der Waals surface area contributed by atoms with E-state index in [4.69, 9.17) is 23.7 Å². The van der Waals surface area contributed by atoms with Gasteiger partial charge < -0.3 is 29.0 Å². The van der Waals surface area contributed by atoms with Crippen LogP contribution in [-0.2, 0) is 0 Å². The van der Waals surface area contributed by atoms with Crippen LogP contribution in [0, 0.1) is 5.82 Å². The van der Waals surface area contributed by atoms with Crippen LogP contribution in [0.5, 0.6) is 28.7 Å². The summed E-state index contributed by atoms with van der Waals surface area (Å²) in [5, 5.41) is 7.25. The standard InChI is InChI=1S/C22H22FNO5S/c1-24-10-8-17(15-9-11-30-12-15)29-20-7-3-6-19-22(20)28-14-25-18-5-2-4-16(23)21(18)27-13-26-19/h2-7,9,11-12,17,24H,8,10,13-14H2,1H3. The van der Waals surface area contributed by atoms with Gasteiger partial charge >= 0.3 is 0 Å². The number of fused-ring (bicyclic) bond motifs is 2. The summed E-state index contributed by atoms with van der Waals surface area (Å²) in [6.07, 6.45) is 0.630. The molecule has 6 nitrogen and oxygen atoms in total. The van der Waals surface area contributed by atoms with Gasteiger partial charge in [0.05, 0.1) is 0 Å². The molecule has 0 saturated heterocycles. The lowest BCUT2D eigenvalue weighted by Crippen LogP contribution is -2.17. The topological polar surface area (TPSA) is 58.2 Å². The quantitative estimate of drug-likeness (QED) is 0.607. The molecule has 8 heteroatoms. The summed E-state index contributed by atoms with van der Waals surface area (Å²) in [4.78, 5) is 0. The lowest BCUT2D eigenvalue weighted by atomic mass is 10.1. The Morgan fingerprint density at radius 3 is 2.47 bits per heavy atom. The summed E-state index contributed by atoms with van der Waals surface area (Å²) in [5.74, 6) is 1.06. The number of thiophene rings is 1. The highest BCUT2D eigenvalue weighted by molar-refractivity contribution is 7.07. The molecular weight excluding hydrogens is 409 g/mol. The van der Waals surface area contributed by atoms with Crippen molar-refractivity contribution in [3.05, 3.63) is 64.6 Å². The van der Waals surface area contributed by atoms with E-state index in [0.29, 0.717) is 17.2 Å². The lowest BCUT2D eigenvalue weighted by Gasteiger charge is -2.23. The van der Waals surface area contributed by atoms with Crippen LogP contribution >= 0.6 is 11.3 Å². The SMILES string of the molecule is CNCCC(Oc1cccc2c1OCOc1cccc(F)c1OCO2)c1ccsc1. The highest BCUT2D eigenvalue weighted by Crippen LogP contribution is 2.41. The van der Waals surface area contributed by atoms with Crippen LogP contribution in [0.4, 0.5) is 4.39 Å². The molecule has 0 spiro atoms. The summed E-state index contributed by atoms with van der Waals surface area (Å²) in [7, 11) is 1.91. The predicted octanol–water partition coefficient (Wildman–Crippen LogP) is 4.76. The Kier molecular flexibility index (Phi) is 6.56. The number of rotatable bonds is 6. The molecule has 2 heterocycles. The highest BCUT2D eigenvalue weighted by Gasteiger charge is 2.21. The van der Waals surface area contributed by atoms with Crippen molar-refractivity contribution in [3.8, 4) is 28.7 Å². The number of ether oxygens (including phenoxy) is 5. The molecule has 1 atom stereocenters. The number of hydrogen-bond acceptors (Lipinski definition) is 7. The van der Waals surface area contributed by atoms with Gasteiger partial charge in [0.1, 0.15) is 6.10 Å². The monoisotopic (exact) mass is 431 g/mol. The van der Waals surface area contributed by atoms with Gasteiger partial charge in [0, 0.05) is 12.0 Å². The van der Waals surface area contributed by atoms with E-state index in [2.05, 4.69) is 10.7 Å². The van der Waals surface area contributed by atoms with E-state index in [9.17, 15) is 4.39 Å². The zero-order valence-corrected chi connectivity index (χ0v) is 17.2. The minimum Gasteiger partial charge on any atom is -0.482 e. The maximum absolute atomic E-state index is 14.0. The molecule has 4 rings (SSSR count). The molecule has 0 amide bonds. The Bertz CT molecular complexity index is 966. The van der Waals surface area contributed by atoms with E-state index < -0.39 is 5.82 Å². The number of para-hydroxylation sites is 2. The molecule has 0 radical (unpaired) electrons. The van der Waals surface area contributed by atoms with Gasteiger partial charge in [0.15, 0.2) is 23.1 Å². The van der Waals surface area contributed by atoms with E-state index in [1.54, 1.807) is 35.6 Å². The van der Waals surface area contributed by atoms with Gasteiger partial charge in [0.2, 0.25) is 25.1 Å². The van der Waals surface area contributed by atoms with Crippen LogP contribution in [-0.4, -0.2) is 27.2 Å². The molecule has 1 N–H and O–H groups in total. The van der Waals surface area contributed by atoms with Gasteiger partial charge in [-0.3, -0.25) is 0 Å². The first-order valence-electron chi connectivity index (χ1n) is 9.52. The summed E-state index contributed by atoms with van der Waals surface area (Å²) in [6.45, 7) is 0.438. The van der Waals surface area contributed by atoms with E-state index >= 15 is 0 Å². The van der Waals surface area contributed by atoms with E-state index in [1.165, 1.54) is 6.07 Å². The third-order valence-electron chi connectivity index (χ3n) is 4.55. The summed E-state index contributed by atoms with van der Waals surface area (Å²) < 4.78 is 43.0. The maximum Gasteiger partial charge on any atom is 0.231 e. The van der Waals surface area contributed by atoms with Crippen molar-refractivity contribution in [1.82, 2.24) is 5.32 Å². The van der Waals surface area contributed by atoms with Gasteiger partial charge in [0.25, 0.3) is 0 Å². The Balaban J connectivity index is 1.58. The predicted molar refractivity (Wildman–Crippen MR) is 111 cm³/mol. The van der Waals surface area contributed by atoms with Crippen LogP contribution in [0.2, 0.25) is 0 Å². The summed E-state index contributed by atoms with van der Waals surface area (Å²) in [5.41, 5.74) is 1.10. The van der Waals surface area contributed by atoms with Crippen molar-refractivity contribution >= 4 is 11.3 Å². The molecule has 1 aromatic heterocycles. The number of halogens is 1. The molecule has 158 valence electrons. The van der Waals surface area contributed by atoms with Crippen molar-refractivity contribution in [1.29, 1.82) is 0 Å². The molecule has 0 fully saturated rings. The normalized spacial score (nSPS) is 14.1. The van der Waals surface area contributed by atoms with Crippen molar-refractivity contribution < 1.29 is 28.1 Å². The van der Waals surface area contributed by atoms with Crippen LogP contribution < -0.4 is 29.0 Å². The van der Waals surface area contributed by atoms with Crippen LogP contribution in [0.15, 0.2) is 53.2 Å². The van der Waals surface area contributed by atoms with Gasteiger partial charge in [-0.2, -0.15) is 11.3 Å². The van der Waals surface area contributed by atoms with Crippen LogP contribution in [0.25, 0.3) is 0 Å². The fourth-order valence-electron chi connectivity index (χ4n) is 3.07. The lowest BCUT2D eigenvalue weighted by molar-refractivity contribution is 0.0647. The fourth-order valence-corrected chi connectivity index (χ4v) is 3.77. The van der Waals surface area contributed by atoms with E-state index in [0.717, 1.165) is 18.5 Å². The second kappa shape index (κ2) is 9.69. The van der Waals surface area contributed by atoms with E-state index in [-0.39, 0.29) is 31.2 Å². The van der Waals surface area contributed by atoms with Gasteiger partial charge in [-0.25, -0.2) is 4.39 Å². The third kappa shape index (κ3) is 4.60. The first-order valence-corrected chi connectivity index (χ1v) is 10.5. The Hall–Kier alpha value is -2.97. The van der Waals surface area contributed by atoms with E-state index in [1.807, 2.05) is 24.6 Å². The van der Waals surface area contributed by atoms with Crippen molar-refractivity contribution in [3.63, 3.8) is 0 Å². The molecule has 0 bridgehead atoms. The summed E-state index contributed by atoms with van der Waals surface area (Å²) in [6, 6.07) is 11.9. The van der Waals surface area contributed by atoms with Crippen molar-refractivity contribution in [2.45, 2.75) is 12.5 Å². The zero-order valence-electron chi connectivity index (χ0n) is 16.4. The minimum absolute atomic E-state index is 0.0125.